The van der Waals surface area contributed by atoms with Crippen LogP contribution in [-0.2, 0) is 4.74 Å². The van der Waals surface area contributed by atoms with Gasteiger partial charge in [0.1, 0.15) is 11.9 Å². The topological polar surface area (TPSA) is 38.3 Å². The minimum absolute atomic E-state index is 0.269. The van der Waals surface area contributed by atoms with Crippen LogP contribution in [0.4, 0.5) is 18.0 Å². The van der Waals surface area contributed by atoms with Crippen molar-refractivity contribution in [1.82, 2.24) is 5.32 Å². The van der Waals surface area contributed by atoms with Crippen LogP contribution in [0.3, 0.4) is 0 Å². The van der Waals surface area contributed by atoms with Gasteiger partial charge in [-0.05, 0) is 12.1 Å². The monoisotopic (exact) mass is 309 g/mol. The molecule has 3 nitrogen and oxygen atoms in total. The van der Waals surface area contributed by atoms with Crippen LogP contribution in [0.25, 0.3) is 0 Å². The van der Waals surface area contributed by atoms with Gasteiger partial charge in [-0.1, -0.05) is 22.0 Å². The molecule has 0 radical (unpaired) electrons. The number of alkyl halides is 2. The second kappa shape index (κ2) is 4.21. The molecule has 2 rings (SSSR count). The van der Waals surface area contributed by atoms with Crippen LogP contribution in [0.1, 0.15) is 11.6 Å². The van der Waals surface area contributed by atoms with Gasteiger partial charge in [-0.15, -0.1) is 0 Å². The minimum Gasteiger partial charge on any atom is -0.443 e. The van der Waals surface area contributed by atoms with Gasteiger partial charge in [0, 0.05) is 10.0 Å². The zero-order valence-corrected chi connectivity index (χ0v) is 9.93. The van der Waals surface area contributed by atoms with Crippen molar-refractivity contribution in [1.29, 1.82) is 0 Å². The number of rotatable bonds is 1. The van der Waals surface area contributed by atoms with Crippen LogP contribution in [0.5, 0.6) is 0 Å². The molecule has 1 atom stereocenters. The molecule has 1 saturated heterocycles. The smallest absolute Gasteiger partial charge is 0.408 e. The van der Waals surface area contributed by atoms with Gasteiger partial charge in [0.2, 0.25) is 0 Å². The third-order valence-corrected chi connectivity index (χ3v) is 2.85. The van der Waals surface area contributed by atoms with Crippen molar-refractivity contribution in [2.45, 2.75) is 12.0 Å². The lowest BCUT2D eigenvalue weighted by Gasteiger charge is -2.31. The average Bonchev–Trinajstić information content (AvgIpc) is 2.23. The highest BCUT2D eigenvalue weighted by Crippen LogP contribution is 2.36. The second-order valence-corrected chi connectivity index (χ2v) is 4.50. The van der Waals surface area contributed by atoms with Gasteiger partial charge in [-0.25, -0.2) is 18.0 Å². The fraction of sp³-hybridized carbons (Fsp3) is 0.300. The molecular weight excluding hydrogens is 303 g/mol. The Hall–Kier alpha value is -1.24. The summed E-state index contributed by atoms with van der Waals surface area (Å²) in [5.41, 5.74) is -0.269. The van der Waals surface area contributed by atoms with E-state index in [1.807, 2.05) is 5.32 Å². The van der Waals surface area contributed by atoms with Crippen molar-refractivity contribution >= 4 is 22.0 Å². The van der Waals surface area contributed by atoms with E-state index in [1.165, 1.54) is 12.1 Å². The van der Waals surface area contributed by atoms with Crippen molar-refractivity contribution in [2.75, 3.05) is 6.61 Å². The zero-order valence-electron chi connectivity index (χ0n) is 8.34. The van der Waals surface area contributed by atoms with E-state index in [-0.39, 0.29) is 5.56 Å². The summed E-state index contributed by atoms with van der Waals surface area (Å²) in [7, 11) is 0. The number of ether oxygens (including phenoxy) is 1. The fourth-order valence-electron chi connectivity index (χ4n) is 1.55. The maximum Gasteiger partial charge on any atom is 0.408 e. The lowest BCUT2D eigenvalue weighted by Crippen LogP contribution is -2.49. The molecule has 7 heteroatoms. The Bertz CT molecular complexity index is 467. The van der Waals surface area contributed by atoms with Gasteiger partial charge in [-0.2, -0.15) is 0 Å². The van der Waals surface area contributed by atoms with E-state index in [9.17, 15) is 18.0 Å². The van der Waals surface area contributed by atoms with Crippen LogP contribution in [0, 0.1) is 5.82 Å². The fourth-order valence-corrected chi connectivity index (χ4v) is 1.88. The van der Waals surface area contributed by atoms with E-state index in [2.05, 4.69) is 20.7 Å². The summed E-state index contributed by atoms with van der Waals surface area (Å²) in [5, 5.41) is 1.92. The molecule has 0 unspecified atom stereocenters. The summed E-state index contributed by atoms with van der Waals surface area (Å²) >= 11 is 3.02. The molecule has 0 spiro atoms. The van der Waals surface area contributed by atoms with E-state index in [0.717, 1.165) is 6.07 Å². The van der Waals surface area contributed by atoms with Crippen LogP contribution in [0.2, 0.25) is 0 Å². The Balaban J connectivity index is 2.39. The predicted octanol–water partition coefficient (Wildman–Crippen LogP) is 3.00. The number of carbonyl (C=O) groups is 1. The summed E-state index contributed by atoms with van der Waals surface area (Å²) in [5.74, 6) is -4.16. The molecular formula is C10H7BrF3NO2. The highest BCUT2D eigenvalue weighted by atomic mass is 79.9. The summed E-state index contributed by atoms with van der Waals surface area (Å²) in [6, 6.07) is 1.98. The molecule has 0 saturated carbocycles. The van der Waals surface area contributed by atoms with Crippen molar-refractivity contribution in [3.8, 4) is 0 Å². The summed E-state index contributed by atoms with van der Waals surface area (Å²) in [4.78, 5) is 10.9. The van der Waals surface area contributed by atoms with Gasteiger partial charge >= 0.3 is 12.0 Å². The first-order chi connectivity index (χ1) is 7.90. The van der Waals surface area contributed by atoms with Gasteiger partial charge < -0.3 is 10.1 Å². The molecule has 0 bridgehead atoms. The Morgan fingerprint density at radius 2 is 2.18 bits per heavy atom. The lowest BCUT2D eigenvalue weighted by molar-refractivity contribution is -0.105. The molecule has 1 aromatic rings. The van der Waals surface area contributed by atoms with Gasteiger partial charge in [0.05, 0.1) is 0 Å². The average molecular weight is 310 g/mol. The van der Waals surface area contributed by atoms with E-state index < -0.39 is 30.5 Å². The maximum absolute atomic E-state index is 13.5. The first-order valence-electron chi connectivity index (χ1n) is 4.66. The number of benzene rings is 1. The molecule has 1 heterocycles. The zero-order chi connectivity index (χ0) is 12.6. The number of amides is 1. The van der Waals surface area contributed by atoms with Gasteiger partial charge in [0.25, 0.3) is 0 Å². The third kappa shape index (κ3) is 2.38. The molecule has 1 aliphatic rings. The summed E-state index contributed by atoms with van der Waals surface area (Å²) in [6.45, 7) is -1.06. The second-order valence-electron chi connectivity index (χ2n) is 3.58. The van der Waals surface area contributed by atoms with E-state index in [1.54, 1.807) is 0 Å². The molecule has 0 aliphatic carbocycles. The highest BCUT2D eigenvalue weighted by molar-refractivity contribution is 9.10. The van der Waals surface area contributed by atoms with Gasteiger partial charge in [0.15, 0.2) is 6.61 Å². The Morgan fingerprint density at radius 3 is 2.82 bits per heavy atom. The Kier molecular flexibility index (Phi) is 3.03. The number of carbonyl (C=O) groups excluding carboxylic acids is 1. The van der Waals surface area contributed by atoms with Crippen molar-refractivity contribution in [2.24, 2.45) is 0 Å². The Morgan fingerprint density at radius 1 is 1.47 bits per heavy atom. The number of hydrogen-bond acceptors (Lipinski definition) is 2. The lowest BCUT2D eigenvalue weighted by atomic mass is 10.00. The molecule has 1 aromatic carbocycles. The van der Waals surface area contributed by atoms with E-state index in [0.29, 0.717) is 4.47 Å². The van der Waals surface area contributed by atoms with Crippen molar-refractivity contribution in [3.05, 3.63) is 34.1 Å². The minimum atomic E-state index is -3.34. The normalized spacial score (nSPS) is 22.8. The maximum atomic E-state index is 13.5. The Labute approximate surface area is 103 Å². The molecule has 17 heavy (non-hydrogen) atoms. The highest BCUT2D eigenvalue weighted by Gasteiger charge is 2.47. The van der Waals surface area contributed by atoms with E-state index in [4.69, 9.17) is 0 Å². The molecule has 1 amide bonds. The van der Waals surface area contributed by atoms with E-state index >= 15 is 0 Å². The standard InChI is InChI=1S/C10H7BrF3NO2/c11-5-1-2-6(7(12)3-5)8-10(13,14)4-17-9(16)15-8/h1-3,8H,4H2,(H,15,16)/t8-/m1/s1. The summed E-state index contributed by atoms with van der Waals surface area (Å²) < 4.78 is 45.1. The van der Waals surface area contributed by atoms with Crippen LogP contribution < -0.4 is 5.32 Å². The quantitative estimate of drug-likeness (QED) is 0.866. The van der Waals surface area contributed by atoms with Crippen LogP contribution in [0.15, 0.2) is 22.7 Å². The third-order valence-electron chi connectivity index (χ3n) is 2.35. The van der Waals surface area contributed by atoms with Crippen molar-refractivity contribution < 1.29 is 22.7 Å². The number of cyclic esters (lactones) is 1. The SMILES string of the molecule is O=C1N[C@H](c2ccc(Br)cc2F)C(F)(F)CO1. The van der Waals surface area contributed by atoms with Crippen molar-refractivity contribution in [3.63, 3.8) is 0 Å². The first-order valence-corrected chi connectivity index (χ1v) is 5.45. The van der Waals surface area contributed by atoms with Crippen LogP contribution >= 0.6 is 15.9 Å². The number of alkyl carbamates (subject to hydrolysis) is 1. The largest absolute Gasteiger partial charge is 0.443 e. The molecule has 1 aliphatic heterocycles. The van der Waals surface area contributed by atoms with Gasteiger partial charge in [-0.3, -0.25) is 0 Å². The predicted molar refractivity (Wildman–Crippen MR) is 56.3 cm³/mol. The molecule has 92 valence electrons. The number of halogens is 4. The number of nitrogens with one attached hydrogen (secondary N) is 1. The van der Waals surface area contributed by atoms with Crippen LogP contribution in [-0.4, -0.2) is 18.6 Å². The molecule has 0 aromatic heterocycles. The first kappa shape index (κ1) is 12.2. The molecule has 1 N–H and O–H groups in total. The molecule has 1 fully saturated rings. The number of hydrogen-bond donors (Lipinski definition) is 1. The summed E-state index contributed by atoms with van der Waals surface area (Å²) in [6.07, 6.45) is -0.983.